The van der Waals surface area contributed by atoms with Crippen molar-refractivity contribution in [3.05, 3.63) is 40.3 Å². The number of aromatic nitrogens is 1. The van der Waals surface area contributed by atoms with Crippen molar-refractivity contribution < 1.29 is 4.74 Å². The first kappa shape index (κ1) is 13.4. The molecular formula is C15H19N3OS. The van der Waals surface area contributed by atoms with Gasteiger partial charge in [0.05, 0.1) is 19.8 Å². The molecule has 0 atom stereocenters. The van der Waals surface area contributed by atoms with Crippen LogP contribution in [0.5, 0.6) is 0 Å². The molecule has 3 rings (SSSR count). The van der Waals surface area contributed by atoms with E-state index in [2.05, 4.69) is 44.8 Å². The summed E-state index contributed by atoms with van der Waals surface area (Å²) in [7, 11) is 0. The highest BCUT2D eigenvalue weighted by atomic mass is 32.1. The van der Waals surface area contributed by atoms with E-state index in [1.54, 1.807) is 11.3 Å². The molecule has 1 saturated heterocycles. The molecule has 20 heavy (non-hydrogen) atoms. The molecule has 1 N–H and O–H groups in total. The van der Waals surface area contributed by atoms with Gasteiger partial charge < -0.3 is 15.0 Å². The Morgan fingerprint density at radius 1 is 1.25 bits per heavy atom. The zero-order chi connectivity index (χ0) is 13.8. The molecule has 106 valence electrons. The Balaban J connectivity index is 1.58. The van der Waals surface area contributed by atoms with Crippen LogP contribution in [-0.4, -0.2) is 31.3 Å². The fourth-order valence-electron chi connectivity index (χ4n) is 2.27. The Morgan fingerprint density at radius 3 is 2.65 bits per heavy atom. The van der Waals surface area contributed by atoms with Crippen LogP contribution >= 0.6 is 11.3 Å². The van der Waals surface area contributed by atoms with Gasteiger partial charge in [-0.2, -0.15) is 0 Å². The summed E-state index contributed by atoms with van der Waals surface area (Å²) in [6.45, 7) is 6.41. The van der Waals surface area contributed by atoms with E-state index < -0.39 is 0 Å². The number of rotatable bonds is 4. The lowest BCUT2D eigenvalue weighted by molar-refractivity contribution is 0.122. The fraction of sp³-hybridized carbons (Fsp3) is 0.400. The lowest BCUT2D eigenvalue weighted by Crippen LogP contribution is -2.36. The highest BCUT2D eigenvalue weighted by molar-refractivity contribution is 7.09. The molecule has 0 aliphatic carbocycles. The van der Waals surface area contributed by atoms with E-state index >= 15 is 0 Å². The van der Waals surface area contributed by atoms with Gasteiger partial charge in [-0.25, -0.2) is 4.98 Å². The number of thiazole rings is 1. The lowest BCUT2D eigenvalue weighted by atomic mass is 10.2. The molecule has 2 aromatic rings. The van der Waals surface area contributed by atoms with Gasteiger partial charge in [0.15, 0.2) is 0 Å². The summed E-state index contributed by atoms with van der Waals surface area (Å²) in [5.41, 5.74) is 3.49. The smallest absolute Gasteiger partial charge is 0.112 e. The van der Waals surface area contributed by atoms with Crippen molar-refractivity contribution in [2.45, 2.75) is 13.5 Å². The molecule has 1 aromatic heterocycles. The van der Waals surface area contributed by atoms with Gasteiger partial charge in [-0.15, -0.1) is 11.3 Å². The predicted octanol–water partition coefficient (Wildman–Crippen LogP) is 2.90. The third-order valence-corrected chi connectivity index (χ3v) is 4.32. The molecule has 0 amide bonds. The van der Waals surface area contributed by atoms with Crippen LogP contribution in [0, 0.1) is 6.92 Å². The van der Waals surface area contributed by atoms with Crippen LogP contribution in [0.2, 0.25) is 0 Å². The largest absolute Gasteiger partial charge is 0.379 e. The number of nitrogens with one attached hydrogen (secondary N) is 1. The minimum absolute atomic E-state index is 0.787. The number of benzene rings is 1. The van der Waals surface area contributed by atoms with Crippen molar-refractivity contribution in [1.29, 1.82) is 0 Å². The highest BCUT2D eigenvalue weighted by Gasteiger charge is 2.10. The minimum Gasteiger partial charge on any atom is -0.379 e. The molecule has 1 fully saturated rings. The molecule has 4 nitrogen and oxygen atoms in total. The third-order valence-electron chi connectivity index (χ3n) is 3.35. The number of morpholine rings is 1. The van der Waals surface area contributed by atoms with Gasteiger partial charge in [-0.05, 0) is 31.2 Å². The Morgan fingerprint density at radius 2 is 2.00 bits per heavy atom. The van der Waals surface area contributed by atoms with Gasteiger partial charge >= 0.3 is 0 Å². The van der Waals surface area contributed by atoms with Crippen LogP contribution in [0.25, 0.3) is 0 Å². The standard InChI is InChI=1S/C15H19N3OS/c1-12-11-20-15(17-12)10-16-13-2-4-14(5-3-13)18-6-8-19-9-7-18/h2-5,11,16H,6-10H2,1H3. The van der Waals surface area contributed by atoms with Gasteiger partial charge in [0.2, 0.25) is 0 Å². The van der Waals surface area contributed by atoms with Gasteiger partial charge in [0, 0.05) is 35.5 Å². The Labute approximate surface area is 123 Å². The summed E-state index contributed by atoms with van der Waals surface area (Å²) in [4.78, 5) is 6.81. The molecule has 0 spiro atoms. The summed E-state index contributed by atoms with van der Waals surface area (Å²) >= 11 is 1.70. The average molecular weight is 289 g/mol. The first-order chi connectivity index (χ1) is 9.81. The van der Waals surface area contributed by atoms with E-state index in [-0.39, 0.29) is 0 Å². The average Bonchev–Trinajstić information content (AvgIpc) is 2.92. The second-order valence-corrected chi connectivity index (χ2v) is 5.83. The van der Waals surface area contributed by atoms with Crippen molar-refractivity contribution in [3.8, 4) is 0 Å². The Bertz CT molecular complexity index is 547. The molecule has 1 aliphatic rings. The van der Waals surface area contributed by atoms with E-state index in [1.165, 1.54) is 5.69 Å². The molecular weight excluding hydrogens is 270 g/mol. The topological polar surface area (TPSA) is 37.4 Å². The molecule has 2 heterocycles. The summed E-state index contributed by atoms with van der Waals surface area (Å²) in [6.07, 6.45) is 0. The molecule has 0 unspecified atom stereocenters. The number of anilines is 2. The first-order valence-electron chi connectivity index (χ1n) is 6.89. The maximum Gasteiger partial charge on any atom is 0.112 e. The summed E-state index contributed by atoms with van der Waals surface area (Å²) in [5.74, 6) is 0. The fourth-order valence-corrected chi connectivity index (χ4v) is 2.98. The number of hydrogen-bond acceptors (Lipinski definition) is 5. The summed E-state index contributed by atoms with van der Waals surface area (Å²) in [5, 5.41) is 6.62. The third kappa shape index (κ3) is 3.29. The Hall–Kier alpha value is -1.59. The highest BCUT2D eigenvalue weighted by Crippen LogP contribution is 2.20. The molecule has 1 aliphatic heterocycles. The second kappa shape index (κ2) is 6.24. The van der Waals surface area contributed by atoms with E-state index in [0.29, 0.717) is 0 Å². The molecule has 1 aromatic carbocycles. The molecule has 0 saturated carbocycles. The second-order valence-electron chi connectivity index (χ2n) is 4.88. The van der Waals surface area contributed by atoms with Crippen LogP contribution in [0.3, 0.4) is 0 Å². The van der Waals surface area contributed by atoms with Gasteiger partial charge in [0.1, 0.15) is 5.01 Å². The van der Waals surface area contributed by atoms with Crippen LogP contribution in [-0.2, 0) is 11.3 Å². The van der Waals surface area contributed by atoms with Crippen LogP contribution in [0.4, 0.5) is 11.4 Å². The summed E-state index contributed by atoms with van der Waals surface area (Å²) < 4.78 is 5.37. The van der Waals surface area contributed by atoms with E-state index in [4.69, 9.17) is 4.74 Å². The lowest BCUT2D eigenvalue weighted by Gasteiger charge is -2.28. The quantitative estimate of drug-likeness (QED) is 0.939. The number of aryl methyl sites for hydroxylation is 1. The predicted molar refractivity (Wildman–Crippen MR) is 83.7 cm³/mol. The van der Waals surface area contributed by atoms with Gasteiger partial charge in [-0.3, -0.25) is 0 Å². The maximum atomic E-state index is 5.37. The first-order valence-corrected chi connectivity index (χ1v) is 7.77. The van der Waals surface area contributed by atoms with Gasteiger partial charge in [0.25, 0.3) is 0 Å². The van der Waals surface area contributed by atoms with E-state index in [9.17, 15) is 0 Å². The van der Waals surface area contributed by atoms with Crippen molar-refractivity contribution in [3.63, 3.8) is 0 Å². The van der Waals surface area contributed by atoms with E-state index in [0.717, 1.165) is 49.2 Å². The summed E-state index contributed by atoms with van der Waals surface area (Å²) in [6, 6.07) is 8.60. The monoisotopic (exact) mass is 289 g/mol. The minimum atomic E-state index is 0.787. The van der Waals surface area contributed by atoms with Crippen LogP contribution < -0.4 is 10.2 Å². The maximum absolute atomic E-state index is 5.37. The van der Waals surface area contributed by atoms with Crippen molar-refractivity contribution in [1.82, 2.24) is 4.98 Å². The number of nitrogens with zero attached hydrogens (tertiary/aromatic N) is 2. The van der Waals surface area contributed by atoms with Crippen molar-refractivity contribution in [2.24, 2.45) is 0 Å². The van der Waals surface area contributed by atoms with Gasteiger partial charge in [-0.1, -0.05) is 0 Å². The number of ether oxygens (including phenoxy) is 1. The Kier molecular flexibility index (Phi) is 4.18. The SMILES string of the molecule is Cc1csc(CNc2ccc(N3CCOCC3)cc2)n1. The van der Waals surface area contributed by atoms with E-state index in [1.807, 2.05) is 6.92 Å². The zero-order valence-corrected chi connectivity index (χ0v) is 12.4. The number of hydrogen-bond donors (Lipinski definition) is 1. The molecule has 5 heteroatoms. The normalized spacial score (nSPS) is 15.3. The van der Waals surface area contributed by atoms with Crippen LogP contribution in [0.15, 0.2) is 29.6 Å². The molecule has 0 bridgehead atoms. The van der Waals surface area contributed by atoms with Crippen molar-refractivity contribution >= 4 is 22.7 Å². The zero-order valence-electron chi connectivity index (χ0n) is 11.6. The van der Waals surface area contributed by atoms with Crippen LogP contribution in [0.1, 0.15) is 10.7 Å². The molecule has 0 radical (unpaired) electrons. The van der Waals surface area contributed by atoms with Crippen molar-refractivity contribution in [2.75, 3.05) is 36.5 Å².